The lowest BCUT2D eigenvalue weighted by Gasteiger charge is -2.12. The highest BCUT2D eigenvalue weighted by Crippen LogP contribution is 2.35. The van der Waals surface area contributed by atoms with Crippen molar-refractivity contribution in [1.29, 1.82) is 0 Å². The zero-order valence-electron chi connectivity index (χ0n) is 18.3. The van der Waals surface area contributed by atoms with E-state index in [1.165, 1.54) is 4.90 Å². The number of rotatable bonds is 5. The van der Waals surface area contributed by atoms with E-state index in [0.717, 1.165) is 44.9 Å². The van der Waals surface area contributed by atoms with Crippen LogP contribution in [-0.2, 0) is 17.9 Å². The molecule has 4 nitrogen and oxygen atoms in total. The van der Waals surface area contributed by atoms with Crippen molar-refractivity contribution in [3.63, 3.8) is 0 Å². The first-order chi connectivity index (χ1) is 16.4. The smallest absolute Gasteiger partial charge is 0.293 e. The molecule has 0 N–H and O–H groups in total. The van der Waals surface area contributed by atoms with E-state index < -0.39 is 0 Å². The highest BCUT2D eigenvalue weighted by atomic mass is 35.5. The topological polar surface area (TPSA) is 42.3 Å². The molecule has 3 aromatic carbocycles. The van der Waals surface area contributed by atoms with Gasteiger partial charge < -0.3 is 4.57 Å². The minimum atomic E-state index is -0.275. The van der Waals surface area contributed by atoms with E-state index in [4.69, 9.17) is 23.2 Å². The van der Waals surface area contributed by atoms with Gasteiger partial charge in [-0.05, 0) is 48.5 Å². The van der Waals surface area contributed by atoms with Crippen LogP contribution in [-0.4, -0.2) is 20.6 Å². The number of nitrogens with zero attached hydrogens (tertiary/aromatic N) is 2. The fourth-order valence-corrected chi connectivity index (χ4v) is 5.49. The van der Waals surface area contributed by atoms with Gasteiger partial charge in [0.15, 0.2) is 0 Å². The number of amides is 2. The summed E-state index contributed by atoms with van der Waals surface area (Å²) < 4.78 is 2.06. The van der Waals surface area contributed by atoms with Crippen LogP contribution in [0.4, 0.5) is 4.79 Å². The number of benzene rings is 3. The Hall–Kier alpha value is -2.99. The number of hydrogen-bond acceptors (Lipinski definition) is 3. The quantitative estimate of drug-likeness (QED) is 0.262. The molecule has 5 rings (SSSR count). The molecule has 7 heteroatoms. The number of thioether (sulfide) groups is 1. The van der Waals surface area contributed by atoms with Gasteiger partial charge in [-0.2, -0.15) is 0 Å². The van der Waals surface area contributed by atoms with Gasteiger partial charge in [0.2, 0.25) is 0 Å². The first-order valence-electron chi connectivity index (χ1n) is 10.7. The van der Waals surface area contributed by atoms with Gasteiger partial charge in [-0.3, -0.25) is 14.5 Å². The van der Waals surface area contributed by atoms with Crippen molar-refractivity contribution in [2.24, 2.45) is 0 Å². The second kappa shape index (κ2) is 9.34. The van der Waals surface area contributed by atoms with Crippen molar-refractivity contribution < 1.29 is 9.59 Å². The number of carbonyl (C=O) groups excluding carboxylic acids is 2. The Morgan fingerprint density at radius 1 is 0.912 bits per heavy atom. The minimum absolute atomic E-state index is 0.260. The number of carbonyl (C=O) groups is 2. The van der Waals surface area contributed by atoms with Crippen molar-refractivity contribution in [3.8, 4) is 0 Å². The normalized spacial score (nSPS) is 15.1. The Morgan fingerprint density at radius 3 is 2.41 bits per heavy atom. The van der Waals surface area contributed by atoms with Crippen LogP contribution in [0.25, 0.3) is 17.0 Å². The first-order valence-corrected chi connectivity index (χ1v) is 12.3. The predicted molar refractivity (Wildman–Crippen MR) is 140 cm³/mol. The van der Waals surface area contributed by atoms with E-state index in [1.54, 1.807) is 6.08 Å². The maximum absolute atomic E-state index is 13.1. The lowest BCUT2D eigenvalue weighted by atomic mass is 10.1. The molecule has 170 valence electrons. The molecule has 0 saturated carbocycles. The Morgan fingerprint density at radius 2 is 1.65 bits per heavy atom. The van der Waals surface area contributed by atoms with Gasteiger partial charge in [0.25, 0.3) is 11.1 Å². The summed E-state index contributed by atoms with van der Waals surface area (Å²) >= 11 is 13.8. The Balaban J connectivity index is 1.48. The molecule has 0 radical (unpaired) electrons. The van der Waals surface area contributed by atoms with Gasteiger partial charge in [0, 0.05) is 38.3 Å². The first kappa shape index (κ1) is 22.8. The molecule has 1 aromatic heterocycles. The number of imide groups is 1. The fourth-order valence-electron chi connectivity index (χ4n) is 4.15. The van der Waals surface area contributed by atoms with Crippen molar-refractivity contribution >= 4 is 63.1 Å². The fraction of sp³-hybridized carbons (Fsp3) is 0.111. The van der Waals surface area contributed by atoms with E-state index >= 15 is 0 Å². The standard InChI is InChI=1S/C27H20Cl2N2O2S/c1-17-6-4-7-18(12-17)14-31-26(32)25(34-27(31)33)13-19-15-30(24-11-3-2-8-20(19)24)16-21-22(28)9-5-10-23(21)29/h2-13,15H,14,16H2,1H3/b25-13-. The SMILES string of the molecule is Cc1cccc(CN2C(=O)S/C(=C\c3cn(Cc4c(Cl)cccc4Cl)c4ccccc34)C2=O)c1. The minimum Gasteiger partial charge on any atom is -0.342 e. The largest absolute Gasteiger partial charge is 0.342 e. The number of fused-ring (bicyclic) bond motifs is 1. The summed E-state index contributed by atoms with van der Waals surface area (Å²) in [7, 11) is 0. The van der Waals surface area contributed by atoms with Gasteiger partial charge in [-0.1, -0.05) is 77.3 Å². The summed E-state index contributed by atoms with van der Waals surface area (Å²) in [6.07, 6.45) is 3.77. The molecule has 4 aromatic rings. The van der Waals surface area contributed by atoms with Crippen LogP contribution < -0.4 is 0 Å². The van der Waals surface area contributed by atoms with Crippen LogP contribution >= 0.6 is 35.0 Å². The molecule has 1 fully saturated rings. The second-order valence-electron chi connectivity index (χ2n) is 8.19. The van der Waals surface area contributed by atoms with Crippen molar-refractivity contribution in [3.05, 3.63) is 110 Å². The lowest BCUT2D eigenvalue weighted by Crippen LogP contribution is -2.27. The van der Waals surface area contributed by atoms with Crippen LogP contribution in [0, 0.1) is 6.92 Å². The molecule has 0 atom stereocenters. The third-order valence-electron chi connectivity index (χ3n) is 5.79. The monoisotopic (exact) mass is 506 g/mol. The molecular formula is C27H20Cl2N2O2S. The Labute approximate surface area is 211 Å². The van der Waals surface area contributed by atoms with Crippen molar-refractivity contribution in [1.82, 2.24) is 9.47 Å². The average Bonchev–Trinajstić information content (AvgIpc) is 3.29. The molecule has 2 amide bonds. The molecule has 1 aliphatic heterocycles. The molecular weight excluding hydrogens is 487 g/mol. The van der Waals surface area contributed by atoms with Gasteiger partial charge in [-0.15, -0.1) is 0 Å². The summed E-state index contributed by atoms with van der Waals surface area (Å²) in [4.78, 5) is 27.5. The number of hydrogen-bond donors (Lipinski definition) is 0. The molecule has 1 saturated heterocycles. The van der Waals surface area contributed by atoms with E-state index in [2.05, 4.69) is 4.57 Å². The van der Waals surface area contributed by atoms with Gasteiger partial charge in [-0.25, -0.2) is 0 Å². The third kappa shape index (κ3) is 4.39. The van der Waals surface area contributed by atoms with Crippen molar-refractivity contribution in [2.45, 2.75) is 20.0 Å². The lowest BCUT2D eigenvalue weighted by molar-refractivity contribution is -0.123. The van der Waals surface area contributed by atoms with E-state index in [-0.39, 0.29) is 17.7 Å². The van der Waals surface area contributed by atoms with Gasteiger partial charge >= 0.3 is 0 Å². The summed E-state index contributed by atoms with van der Waals surface area (Å²) in [6, 6.07) is 21.2. The molecule has 2 heterocycles. The summed E-state index contributed by atoms with van der Waals surface area (Å²) in [6.45, 7) is 2.74. The zero-order valence-corrected chi connectivity index (χ0v) is 20.6. The van der Waals surface area contributed by atoms with E-state index in [0.29, 0.717) is 21.5 Å². The highest BCUT2D eigenvalue weighted by Gasteiger charge is 2.35. The van der Waals surface area contributed by atoms with Crippen LogP contribution in [0.5, 0.6) is 0 Å². The summed E-state index contributed by atoms with van der Waals surface area (Å²) in [5.74, 6) is -0.275. The molecule has 0 unspecified atom stereocenters. The van der Waals surface area contributed by atoms with Crippen molar-refractivity contribution in [2.75, 3.05) is 0 Å². The molecule has 34 heavy (non-hydrogen) atoms. The number of aryl methyl sites for hydroxylation is 1. The summed E-state index contributed by atoms with van der Waals surface area (Å²) in [5.41, 5.74) is 4.70. The Bertz CT molecular complexity index is 1450. The van der Waals surface area contributed by atoms with Crippen LogP contribution in [0.15, 0.2) is 77.8 Å². The number of aromatic nitrogens is 1. The van der Waals surface area contributed by atoms with Crippen LogP contribution in [0.2, 0.25) is 10.0 Å². The highest BCUT2D eigenvalue weighted by molar-refractivity contribution is 8.18. The predicted octanol–water partition coefficient (Wildman–Crippen LogP) is 7.54. The summed E-state index contributed by atoms with van der Waals surface area (Å²) in [5, 5.41) is 1.92. The van der Waals surface area contributed by atoms with Gasteiger partial charge in [0.1, 0.15) is 0 Å². The molecule has 0 spiro atoms. The molecule has 0 bridgehead atoms. The molecule has 1 aliphatic rings. The average molecular weight is 507 g/mol. The van der Waals surface area contributed by atoms with Crippen LogP contribution in [0.1, 0.15) is 22.3 Å². The van der Waals surface area contributed by atoms with E-state index in [9.17, 15) is 9.59 Å². The third-order valence-corrected chi connectivity index (χ3v) is 7.41. The Kier molecular flexibility index (Phi) is 6.26. The van der Waals surface area contributed by atoms with Crippen LogP contribution in [0.3, 0.4) is 0 Å². The maximum atomic E-state index is 13.1. The molecule has 0 aliphatic carbocycles. The van der Waals surface area contributed by atoms with Gasteiger partial charge in [0.05, 0.1) is 18.0 Å². The number of para-hydroxylation sites is 1. The zero-order chi connectivity index (χ0) is 23.8. The second-order valence-corrected chi connectivity index (χ2v) is 9.99. The van der Waals surface area contributed by atoms with E-state index in [1.807, 2.05) is 79.9 Å². The maximum Gasteiger partial charge on any atom is 0.293 e. The number of halogens is 2.